The van der Waals surface area contributed by atoms with Crippen molar-refractivity contribution in [2.24, 2.45) is 0 Å². The Morgan fingerprint density at radius 2 is 2.04 bits per heavy atom. The smallest absolute Gasteiger partial charge is 0.174 e. The highest BCUT2D eigenvalue weighted by Crippen LogP contribution is 2.21. The summed E-state index contributed by atoms with van der Waals surface area (Å²) in [4.78, 5) is 0. The lowest BCUT2D eigenvalue weighted by Crippen LogP contribution is -2.05. The van der Waals surface area contributed by atoms with Gasteiger partial charge in [-0.1, -0.05) is 36.8 Å². The molecule has 1 aliphatic heterocycles. The van der Waals surface area contributed by atoms with E-state index in [1.54, 1.807) is 6.20 Å². The van der Waals surface area contributed by atoms with Crippen LogP contribution in [0.2, 0.25) is 0 Å². The summed E-state index contributed by atoms with van der Waals surface area (Å²) in [5, 5.41) is 22.6. The topological polar surface area (TPSA) is 72.3 Å². The lowest BCUT2D eigenvalue weighted by molar-refractivity contribution is 0.627. The normalized spacial score (nSPS) is 14.5. The first-order valence-electron chi connectivity index (χ1n) is 8.94. The Balaban J connectivity index is 1.59. The van der Waals surface area contributed by atoms with Crippen molar-refractivity contribution < 1.29 is 0 Å². The second-order valence-electron chi connectivity index (χ2n) is 6.53. The molecule has 0 fully saturated rings. The summed E-state index contributed by atoms with van der Waals surface area (Å²) in [5.41, 5.74) is 2.61. The van der Waals surface area contributed by atoms with Gasteiger partial charge in [-0.15, -0.1) is 10.2 Å². The summed E-state index contributed by atoms with van der Waals surface area (Å²) in [7, 11) is 0. The number of fused-ring (bicyclic) bond motifs is 1. The average molecular weight is 344 g/mol. The number of nitrogens with zero attached hydrogens (tertiary/aromatic N) is 6. The van der Waals surface area contributed by atoms with Crippen LogP contribution in [0.5, 0.6) is 0 Å². The van der Waals surface area contributed by atoms with E-state index in [0.29, 0.717) is 17.9 Å². The minimum atomic E-state index is 0.532. The zero-order valence-corrected chi connectivity index (χ0v) is 14.5. The molecule has 0 unspecified atom stereocenters. The Morgan fingerprint density at radius 3 is 2.88 bits per heavy atom. The van der Waals surface area contributed by atoms with Crippen LogP contribution in [0.1, 0.15) is 42.0 Å². The summed E-state index contributed by atoms with van der Waals surface area (Å²) < 4.78 is 3.97. The zero-order chi connectivity index (χ0) is 17.8. The highest BCUT2D eigenvalue weighted by atomic mass is 15.3. The van der Waals surface area contributed by atoms with Crippen molar-refractivity contribution in [3.05, 3.63) is 65.5 Å². The Kier molecular flexibility index (Phi) is 4.61. The fraction of sp³-hybridized carbons (Fsp3) is 0.300. The molecule has 0 amide bonds. The third kappa shape index (κ3) is 3.42. The second-order valence-corrected chi connectivity index (χ2v) is 6.53. The molecule has 26 heavy (non-hydrogen) atoms. The molecule has 0 saturated carbocycles. The molecule has 130 valence electrons. The van der Waals surface area contributed by atoms with Crippen LogP contribution in [0.3, 0.4) is 0 Å². The number of benzene rings is 1. The van der Waals surface area contributed by atoms with Crippen LogP contribution in [0.15, 0.2) is 42.7 Å². The Labute approximate surface area is 152 Å². The molecule has 6 nitrogen and oxygen atoms in total. The van der Waals surface area contributed by atoms with Crippen molar-refractivity contribution in [1.82, 2.24) is 24.5 Å². The van der Waals surface area contributed by atoms with Crippen molar-refractivity contribution in [2.45, 2.75) is 38.8 Å². The number of rotatable bonds is 4. The van der Waals surface area contributed by atoms with E-state index in [2.05, 4.69) is 38.1 Å². The van der Waals surface area contributed by atoms with E-state index in [4.69, 9.17) is 0 Å². The molecule has 1 aliphatic rings. The van der Waals surface area contributed by atoms with Gasteiger partial charge in [0.2, 0.25) is 0 Å². The second kappa shape index (κ2) is 7.36. The van der Waals surface area contributed by atoms with Gasteiger partial charge in [0.1, 0.15) is 11.9 Å². The van der Waals surface area contributed by atoms with Crippen molar-refractivity contribution >= 4 is 11.6 Å². The number of nitriles is 1. The molecule has 0 bridgehead atoms. The van der Waals surface area contributed by atoms with E-state index in [1.165, 1.54) is 12.0 Å². The Morgan fingerprint density at radius 1 is 1.15 bits per heavy atom. The Hall–Kier alpha value is -3.20. The van der Waals surface area contributed by atoms with Crippen LogP contribution in [0.25, 0.3) is 11.6 Å². The van der Waals surface area contributed by atoms with E-state index < -0.39 is 0 Å². The maximum Gasteiger partial charge on any atom is 0.174 e. The van der Waals surface area contributed by atoms with Crippen LogP contribution in [0, 0.1) is 11.3 Å². The molecule has 0 saturated heterocycles. The standard InChI is InChI=1S/C20H20N6/c21-12-18(20-24-23-19-9-5-2-6-10-26(19)20)11-17-13-22-25(15-17)14-16-7-3-1-4-8-16/h1,3-4,7-8,11,13,15H,2,5-6,9-10,14H2/b18-11+. The van der Waals surface area contributed by atoms with Gasteiger partial charge >= 0.3 is 0 Å². The first-order chi connectivity index (χ1) is 12.8. The third-order valence-corrected chi connectivity index (χ3v) is 4.62. The van der Waals surface area contributed by atoms with Gasteiger partial charge in [-0.3, -0.25) is 4.68 Å². The molecule has 3 heterocycles. The van der Waals surface area contributed by atoms with Gasteiger partial charge in [-0.2, -0.15) is 10.4 Å². The number of aryl methyl sites for hydroxylation is 1. The van der Waals surface area contributed by atoms with E-state index >= 15 is 0 Å². The maximum absolute atomic E-state index is 9.65. The fourth-order valence-electron chi connectivity index (χ4n) is 3.31. The third-order valence-electron chi connectivity index (χ3n) is 4.62. The van der Waals surface area contributed by atoms with Crippen molar-refractivity contribution in [3.8, 4) is 6.07 Å². The molecular formula is C20H20N6. The van der Waals surface area contributed by atoms with E-state index in [0.717, 1.165) is 37.2 Å². The molecule has 0 atom stereocenters. The molecule has 4 rings (SSSR count). The molecule has 0 radical (unpaired) electrons. The number of allylic oxidation sites excluding steroid dienone is 1. The average Bonchev–Trinajstić information content (AvgIpc) is 3.20. The largest absolute Gasteiger partial charge is 0.310 e. The van der Waals surface area contributed by atoms with Gasteiger partial charge < -0.3 is 4.57 Å². The van der Waals surface area contributed by atoms with Crippen LogP contribution >= 0.6 is 0 Å². The maximum atomic E-state index is 9.65. The minimum absolute atomic E-state index is 0.532. The first-order valence-corrected chi connectivity index (χ1v) is 8.94. The summed E-state index contributed by atoms with van der Waals surface area (Å²) in [6.45, 7) is 1.58. The van der Waals surface area contributed by atoms with Crippen molar-refractivity contribution in [1.29, 1.82) is 5.26 Å². The quantitative estimate of drug-likeness (QED) is 0.681. The van der Waals surface area contributed by atoms with Gasteiger partial charge in [0.25, 0.3) is 0 Å². The highest BCUT2D eigenvalue weighted by molar-refractivity contribution is 5.86. The molecule has 0 N–H and O–H groups in total. The summed E-state index contributed by atoms with van der Waals surface area (Å²) in [5.74, 6) is 1.65. The van der Waals surface area contributed by atoms with Crippen LogP contribution < -0.4 is 0 Å². The lowest BCUT2D eigenvalue weighted by atomic mass is 10.2. The van der Waals surface area contributed by atoms with Crippen LogP contribution in [0.4, 0.5) is 0 Å². The van der Waals surface area contributed by atoms with Crippen molar-refractivity contribution in [2.75, 3.05) is 0 Å². The predicted octanol–water partition coefficient (Wildman–Crippen LogP) is 3.31. The summed E-state index contributed by atoms with van der Waals surface area (Å²) in [6.07, 6.45) is 9.93. The van der Waals surface area contributed by atoms with Gasteiger partial charge in [0.15, 0.2) is 5.82 Å². The molecule has 0 spiro atoms. The van der Waals surface area contributed by atoms with Crippen LogP contribution in [-0.2, 0) is 19.5 Å². The van der Waals surface area contributed by atoms with Gasteiger partial charge in [0, 0.05) is 24.7 Å². The SMILES string of the molecule is N#C/C(=C\c1cnn(Cc2ccccc2)c1)c1nnc2n1CCCCC2. The van der Waals surface area contributed by atoms with E-state index in [9.17, 15) is 5.26 Å². The van der Waals surface area contributed by atoms with Crippen LogP contribution in [-0.4, -0.2) is 24.5 Å². The fourth-order valence-corrected chi connectivity index (χ4v) is 3.31. The molecule has 0 aliphatic carbocycles. The van der Waals surface area contributed by atoms with Gasteiger partial charge in [-0.25, -0.2) is 0 Å². The molecule has 1 aromatic carbocycles. The Bertz CT molecular complexity index is 958. The van der Waals surface area contributed by atoms with Crippen molar-refractivity contribution in [3.63, 3.8) is 0 Å². The summed E-state index contributed by atoms with van der Waals surface area (Å²) >= 11 is 0. The number of hydrogen-bond acceptors (Lipinski definition) is 4. The number of aromatic nitrogens is 5. The lowest BCUT2D eigenvalue weighted by Gasteiger charge is -2.05. The molecule has 3 aromatic rings. The van der Waals surface area contributed by atoms with Gasteiger partial charge in [-0.05, 0) is 24.5 Å². The highest BCUT2D eigenvalue weighted by Gasteiger charge is 2.17. The minimum Gasteiger partial charge on any atom is -0.310 e. The predicted molar refractivity (Wildman–Crippen MR) is 98.8 cm³/mol. The summed E-state index contributed by atoms with van der Waals surface area (Å²) in [6, 6.07) is 12.5. The molecule has 2 aromatic heterocycles. The number of hydrogen-bond donors (Lipinski definition) is 0. The van der Waals surface area contributed by atoms with Gasteiger partial charge in [0.05, 0.1) is 18.3 Å². The molecule has 6 heteroatoms. The van der Waals surface area contributed by atoms with E-state index in [1.807, 2.05) is 35.2 Å². The molecular weight excluding hydrogens is 324 g/mol. The first kappa shape index (κ1) is 16.3. The zero-order valence-electron chi connectivity index (χ0n) is 14.5. The monoisotopic (exact) mass is 344 g/mol. The van der Waals surface area contributed by atoms with E-state index in [-0.39, 0.29) is 0 Å².